The van der Waals surface area contributed by atoms with E-state index in [1.165, 1.54) is 22.9 Å². The van der Waals surface area contributed by atoms with E-state index in [0.717, 1.165) is 17.5 Å². The molecular weight excluding hydrogens is 340 g/mol. The second-order valence-electron chi connectivity index (χ2n) is 6.30. The van der Waals surface area contributed by atoms with Gasteiger partial charge in [0, 0.05) is 17.4 Å². The van der Waals surface area contributed by atoms with Gasteiger partial charge in [0.2, 0.25) is 0 Å². The predicted octanol–water partition coefficient (Wildman–Crippen LogP) is 3.52. The Kier molecular flexibility index (Phi) is 4.91. The van der Waals surface area contributed by atoms with E-state index in [2.05, 4.69) is 0 Å². The van der Waals surface area contributed by atoms with Gasteiger partial charge >= 0.3 is 0 Å². The maximum absolute atomic E-state index is 12.9. The Bertz CT molecular complexity index is 1120. The Morgan fingerprint density at radius 1 is 1.15 bits per heavy atom. The summed E-state index contributed by atoms with van der Waals surface area (Å²) in [7, 11) is 0. The topological polar surface area (TPSA) is 83.1 Å². The van der Waals surface area contributed by atoms with E-state index in [4.69, 9.17) is 0 Å². The average Bonchev–Trinajstić information content (AvgIpc) is 2.69. The van der Waals surface area contributed by atoms with E-state index in [9.17, 15) is 20.0 Å². The molecule has 0 bridgehead atoms. The Morgan fingerprint density at radius 2 is 1.85 bits per heavy atom. The minimum absolute atomic E-state index is 0.130. The summed E-state index contributed by atoms with van der Waals surface area (Å²) in [6, 6.07) is 15.2. The molecule has 0 saturated carbocycles. The second kappa shape index (κ2) is 7.30. The Hall–Kier alpha value is -3.65. The number of ketones is 1. The molecular formula is C22H18N2O3. The first-order valence-electron chi connectivity index (χ1n) is 8.55. The molecule has 0 aliphatic rings. The third-order valence-electron chi connectivity index (χ3n) is 4.42. The lowest BCUT2D eigenvalue weighted by atomic mass is 10.0. The highest BCUT2D eigenvalue weighted by atomic mass is 16.3. The van der Waals surface area contributed by atoms with E-state index in [1.54, 1.807) is 24.3 Å². The van der Waals surface area contributed by atoms with Crippen LogP contribution in [0.5, 0.6) is 5.75 Å². The van der Waals surface area contributed by atoms with Crippen LogP contribution < -0.4 is 5.56 Å². The van der Waals surface area contributed by atoms with Crippen LogP contribution in [-0.4, -0.2) is 15.5 Å². The second-order valence-corrected chi connectivity index (χ2v) is 6.30. The number of nitriles is 1. The summed E-state index contributed by atoms with van der Waals surface area (Å²) >= 11 is 0. The quantitative estimate of drug-likeness (QED) is 0.724. The molecule has 0 aliphatic heterocycles. The first-order chi connectivity index (χ1) is 12.9. The van der Waals surface area contributed by atoms with Gasteiger partial charge in [-0.15, -0.1) is 0 Å². The van der Waals surface area contributed by atoms with Gasteiger partial charge in [0.1, 0.15) is 17.4 Å². The SMILES string of the molecule is CCc1ccc(-n2cc(C(=O)c3cc(C)ccc3O)cc(C#N)c2=O)cc1. The van der Waals surface area contributed by atoms with Crippen LogP contribution >= 0.6 is 0 Å². The smallest absolute Gasteiger partial charge is 0.273 e. The van der Waals surface area contributed by atoms with E-state index in [0.29, 0.717) is 5.69 Å². The van der Waals surface area contributed by atoms with Crippen LogP contribution in [0.15, 0.2) is 59.5 Å². The van der Waals surface area contributed by atoms with Gasteiger partial charge in [0.15, 0.2) is 5.78 Å². The van der Waals surface area contributed by atoms with Crippen molar-refractivity contribution in [3.05, 3.63) is 92.9 Å². The number of rotatable bonds is 4. The molecule has 0 fully saturated rings. The van der Waals surface area contributed by atoms with Gasteiger partial charge in [-0.25, -0.2) is 0 Å². The van der Waals surface area contributed by atoms with E-state index >= 15 is 0 Å². The molecule has 134 valence electrons. The average molecular weight is 358 g/mol. The summed E-state index contributed by atoms with van der Waals surface area (Å²) < 4.78 is 1.29. The minimum Gasteiger partial charge on any atom is -0.507 e. The van der Waals surface area contributed by atoms with Crippen molar-refractivity contribution in [1.29, 1.82) is 5.26 Å². The molecule has 5 heteroatoms. The summed E-state index contributed by atoms with van der Waals surface area (Å²) in [6.45, 7) is 3.84. The van der Waals surface area contributed by atoms with Gasteiger partial charge in [-0.3, -0.25) is 14.2 Å². The number of hydrogen-bond acceptors (Lipinski definition) is 4. The van der Waals surface area contributed by atoms with E-state index in [1.807, 2.05) is 32.0 Å². The molecule has 5 nitrogen and oxygen atoms in total. The maximum atomic E-state index is 12.9. The van der Waals surface area contributed by atoms with Crippen molar-refractivity contribution in [1.82, 2.24) is 4.57 Å². The van der Waals surface area contributed by atoms with Gasteiger partial charge in [-0.2, -0.15) is 5.26 Å². The van der Waals surface area contributed by atoms with Gasteiger partial charge in [0.05, 0.1) is 5.56 Å². The molecule has 0 aliphatic carbocycles. The highest BCUT2D eigenvalue weighted by molar-refractivity contribution is 6.10. The molecule has 27 heavy (non-hydrogen) atoms. The third-order valence-corrected chi connectivity index (χ3v) is 4.42. The summed E-state index contributed by atoms with van der Waals surface area (Å²) in [5.74, 6) is -0.596. The molecule has 1 heterocycles. The molecule has 0 saturated heterocycles. The highest BCUT2D eigenvalue weighted by Gasteiger charge is 2.18. The number of carbonyl (C=O) groups is 1. The van der Waals surface area contributed by atoms with E-state index < -0.39 is 11.3 Å². The molecule has 1 aromatic heterocycles. The van der Waals surface area contributed by atoms with Crippen molar-refractivity contribution in [2.24, 2.45) is 0 Å². The van der Waals surface area contributed by atoms with Crippen LogP contribution in [0.3, 0.4) is 0 Å². The number of pyridine rings is 1. The lowest BCUT2D eigenvalue weighted by molar-refractivity contribution is 0.103. The minimum atomic E-state index is -0.494. The van der Waals surface area contributed by atoms with Crippen LogP contribution in [0.25, 0.3) is 5.69 Å². The van der Waals surface area contributed by atoms with Crippen LogP contribution in [0.1, 0.15) is 39.5 Å². The molecule has 0 amide bonds. The molecule has 1 N–H and O–H groups in total. The van der Waals surface area contributed by atoms with Gasteiger partial charge in [-0.1, -0.05) is 30.7 Å². The van der Waals surface area contributed by atoms with Gasteiger partial charge < -0.3 is 5.11 Å². The molecule has 3 rings (SSSR count). The lowest BCUT2D eigenvalue weighted by Gasteiger charge is -2.11. The maximum Gasteiger partial charge on any atom is 0.273 e. The van der Waals surface area contributed by atoms with Gasteiger partial charge in [-0.05, 0) is 49.2 Å². The molecule has 0 atom stereocenters. The standard InChI is InChI=1S/C22H18N2O3/c1-3-15-5-7-18(8-6-15)24-13-17(11-16(12-23)22(24)27)21(26)19-10-14(2)4-9-20(19)25/h4-11,13,25H,3H2,1-2H3. The number of nitrogens with zero attached hydrogens (tertiary/aromatic N) is 2. The number of benzene rings is 2. The summed E-state index contributed by atoms with van der Waals surface area (Å²) in [6.07, 6.45) is 2.28. The normalized spacial score (nSPS) is 10.4. The molecule has 2 aromatic carbocycles. The van der Waals surface area contributed by atoms with Crippen molar-refractivity contribution in [3.63, 3.8) is 0 Å². The number of aromatic hydroxyl groups is 1. The van der Waals surface area contributed by atoms with Crippen LogP contribution in [0, 0.1) is 18.3 Å². The number of aryl methyl sites for hydroxylation is 2. The summed E-state index contributed by atoms with van der Waals surface area (Å²) in [5, 5.41) is 19.4. The van der Waals surface area contributed by atoms with Crippen LogP contribution in [-0.2, 0) is 6.42 Å². The van der Waals surface area contributed by atoms with Crippen LogP contribution in [0.2, 0.25) is 0 Å². The van der Waals surface area contributed by atoms with E-state index in [-0.39, 0.29) is 22.4 Å². The monoisotopic (exact) mass is 358 g/mol. The first-order valence-corrected chi connectivity index (χ1v) is 8.55. The number of phenolic OH excluding ortho intramolecular Hbond substituents is 1. The number of carbonyl (C=O) groups excluding carboxylic acids is 1. The molecule has 0 unspecified atom stereocenters. The molecule has 0 spiro atoms. The predicted molar refractivity (Wildman–Crippen MR) is 102 cm³/mol. The third kappa shape index (κ3) is 3.51. The zero-order chi connectivity index (χ0) is 19.6. The van der Waals surface area contributed by atoms with Crippen molar-refractivity contribution in [3.8, 4) is 17.5 Å². The largest absolute Gasteiger partial charge is 0.507 e. The van der Waals surface area contributed by atoms with Crippen molar-refractivity contribution in [2.45, 2.75) is 20.3 Å². The zero-order valence-corrected chi connectivity index (χ0v) is 15.1. The summed E-state index contributed by atoms with van der Waals surface area (Å²) in [5.41, 5.74) is 2.16. The molecule has 3 aromatic rings. The first kappa shape index (κ1) is 18.2. The number of aromatic nitrogens is 1. The fourth-order valence-electron chi connectivity index (χ4n) is 2.86. The van der Waals surface area contributed by atoms with Crippen molar-refractivity contribution < 1.29 is 9.90 Å². The Balaban J connectivity index is 2.17. The number of phenols is 1. The van der Waals surface area contributed by atoms with Gasteiger partial charge in [0.25, 0.3) is 5.56 Å². The fraction of sp³-hybridized carbons (Fsp3) is 0.136. The lowest BCUT2D eigenvalue weighted by Crippen LogP contribution is -2.22. The van der Waals surface area contributed by atoms with Crippen molar-refractivity contribution >= 4 is 5.78 Å². The highest BCUT2D eigenvalue weighted by Crippen LogP contribution is 2.22. The Labute approximate surface area is 156 Å². The number of hydrogen-bond donors (Lipinski definition) is 1. The van der Waals surface area contributed by atoms with Crippen LogP contribution in [0.4, 0.5) is 0 Å². The molecule has 0 radical (unpaired) electrons. The fourth-order valence-corrected chi connectivity index (χ4v) is 2.86. The Morgan fingerprint density at radius 3 is 2.48 bits per heavy atom. The zero-order valence-electron chi connectivity index (χ0n) is 15.1. The summed E-state index contributed by atoms with van der Waals surface area (Å²) in [4.78, 5) is 25.5. The van der Waals surface area contributed by atoms with Crippen molar-refractivity contribution in [2.75, 3.05) is 0 Å².